The van der Waals surface area contributed by atoms with Gasteiger partial charge in [0.1, 0.15) is 5.82 Å². The lowest BCUT2D eigenvalue weighted by molar-refractivity contribution is -0.121. The number of nitrogens with zero attached hydrogens (tertiary/aromatic N) is 1. The number of hydrogen-bond acceptors (Lipinski definition) is 3. The van der Waals surface area contributed by atoms with Crippen LogP contribution in [0.2, 0.25) is 0 Å². The predicted octanol–water partition coefficient (Wildman–Crippen LogP) is 4.60. The van der Waals surface area contributed by atoms with Crippen molar-refractivity contribution in [3.05, 3.63) is 93.4 Å². The number of hydrogen-bond donors (Lipinski definition) is 1. The molecule has 3 aromatic rings. The van der Waals surface area contributed by atoms with E-state index in [1.54, 1.807) is 35.6 Å². The van der Waals surface area contributed by atoms with Gasteiger partial charge in [0.2, 0.25) is 5.91 Å². The van der Waals surface area contributed by atoms with Crippen LogP contribution in [0.25, 0.3) is 0 Å². The van der Waals surface area contributed by atoms with Gasteiger partial charge in [-0.25, -0.2) is 4.39 Å². The van der Waals surface area contributed by atoms with Gasteiger partial charge in [-0.15, -0.1) is 11.3 Å². The molecule has 0 spiro atoms. The average molecular weight is 364 g/mol. The van der Waals surface area contributed by atoms with Gasteiger partial charge < -0.3 is 5.32 Å². The topological polar surface area (TPSA) is 52.9 Å². The Hall–Kier alpha value is -2.97. The Kier molecular flexibility index (Phi) is 5.77. The van der Waals surface area contributed by atoms with Crippen LogP contribution < -0.4 is 5.32 Å². The van der Waals surface area contributed by atoms with Crippen LogP contribution in [0.3, 0.4) is 0 Å². The fourth-order valence-electron chi connectivity index (χ4n) is 2.67. The first-order valence-corrected chi connectivity index (χ1v) is 9.11. The van der Waals surface area contributed by atoms with Crippen LogP contribution in [-0.4, -0.2) is 5.91 Å². The summed E-state index contributed by atoms with van der Waals surface area (Å²) in [5.41, 5.74) is 2.46. The lowest BCUT2D eigenvalue weighted by Crippen LogP contribution is -2.29. The second kappa shape index (κ2) is 8.41. The quantitative estimate of drug-likeness (QED) is 0.695. The Balaban J connectivity index is 1.67. The summed E-state index contributed by atoms with van der Waals surface area (Å²) >= 11 is 1.55. The first-order valence-electron chi connectivity index (χ1n) is 8.23. The molecule has 1 atom stereocenters. The minimum absolute atomic E-state index is 0.0721. The van der Waals surface area contributed by atoms with Gasteiger partial charge in [-0.05, 0) is 53.3 Å². The smallest absolute Gasteiger partial charge is 0.221 e. The fraction of sp³-hybridized carbons (Fsp3) is 0.143. The van der Waals surface area contributed by atoms with Gasteiger partial charge in [0.25, 0.3) is 0 Å². The van der Waals surface area contributed by atoms with Crippen LogP contribution in [-0.2, 0) is 11.2 Å². The van der Waals surface area contributed by atoms with Gasteiger partial charge in [0.15, 0.2) is 0 Å². The van der Waals surface area contributed by atoms with Gasteiger partial charge in [0.05, 0.1) is 17.7 Å². The third-order valence-corrected chi connectivity index (χ3v) is 5.00. The number of nitrogens with one attached hydrogen (secondary N) is 1. The van der Waals surface area contributed by atoms with E-state index in [0.717, 1.165) is 16.0 Å². The summed E-state index contributed by atoms with van der Waals surface area (Å²) in [6.07, 6.45) is 0.938. The molecule has 1 N–H and O–H groups in total. The highest BCUT2D eigenvalue weighted by Gasteiger charge is 2.18. The van der Waals surface area contributed by atoms with Gasteiger partial charge in [-0.3, -0.25) is 4.79 Å². The number of carbonyl (C=O) groups is 1. The summed E-state index contributed by atoms with van der Waals surface area (Å²) in [6.45, 7) is 0. The largest absolute Gasteiger partial charge is 0.344 e. The van der Waals surface area contributed by atoms with E-state index < -0.39 is 0 Å². The Morgan fingerprint density at radius 3 is 2.46 bits per heavy atom. The zero-order chi connectivity index (χ0) is 18.4. The van der Waals surface area contributed by atoms with Crippen LogP contribution in [0, 0.1) is 17.1 Å². The van der Waals surface area contributed by atoms with E-state index in [9.17, 15) is 9.18 Å². The molecule has 0 aliphatic heterocycles. The van der Waals surface area contributed by atoms with E-state index >= 15 is 0 Å². The molecule has 1 unspecified atom stereocenters. The second-order valence-electron chi connectivity index (χ2n) is 5.88. The van der Waals surface area contributed by atoms with E-state index in [2.05, 4.69) is 11.4 Å². The molecule has 2 aromatic carbocycles. The zero-order valence-corrected chi connectivity index (χ0v) is 14.8. The summed E-state index contributed by atoms with van der Waals surface area (Å²) in [6, 6.07) is 19.1. The number of thiophene rings is 1. The van der Waals surface area contributed by atoms with Crippen LogP contribution >= 0.6 is 11.3 Å². The molecule has 5 heteroatoms. The Morgan fingerprint density at radius 2 is 1.85 bits per heavy atom. The maximum absolute atomic E-state index is 13.2. The van der Waals surface area contributed by atoms with Crippen molar-refractivity contribution < 1.29 is 9.18 Å². The molecule has 3 nitrogen and oxygen atoms in total. The Morgan fingerprint density at radius 1 is 1.12 bits per heavy atom. The van der Waals surface area contributed by atoms with Crippen molar-refractivity contribution >= 4 is 17.2 Å². The zero-order valence-electron chi connectivity index (χ0n) is 14.0. The summed E-state index contributed by atoms with van der Waals surface area (Å²) in [5.74, 6) is -0.372. The van der Waals surface area contributed by atoms with E-state index in [0.29, 0.717) is 18.4 Å². The maximum atomic E-state index is 13.2. The molecule has 0 saturated carbocycles. The molecule has 1 aromatic heterocycles. The maximum Gasteiger partial charge on any atom is 0.221 e. The van der Waals surface area contributed by atoms with Crippen molar-refractivity contribution in [2.75, 3.05) is 0 Å². The van der Waals surface area contributed by atoms with Crippen LogP contribution in [0.1, 0.15) is 34.0 Å². The van der Waals surface area contributed by atoms with Gasteiger partial charge in [-0.1, -0.05) is 30.3 Å². The highest BCUT2D eigenvalue weighted by molar-refractivity contribution is 7.10. The normalized spacial score (nSPS) is 11.5. The standard InChI is InChI=1S/C21H17FN2OS/c22-18-10-8-17(9-11-18)21(19-2-1-13-26-19)24-20(25)12-7-15-3-5-16(14-23)6-4-15/h1-6,8-11,13,21H,7,12H2,(H,24,25). The monoisotopic (exact) mass is 364 g/mol. The van der Waals surface area contributed by atoms with E-state index in [1.807, 2.05) is 29.6 Å². The van der Waals surface area contributed by atoms with Crippen molar-refractivity contribution in [1.82, 2.24) is 5.32 Å². The number of nitriles is 1. The molecular formula is C21H17FN2OS. The second-order valence-corrected chi connectivity index (χ2v) is 6.86. The number of amides is 1. The van der Waals surface area contributed by atoms with Gasteiger partial charge in [-0.2, -0.15) is 5.26 Å². The van der Waals surface area contributed by atoms with Crippen LogP contribution in [0.5, 0.6) is 0 Å². The van der Waals surface area contributed by atoms with Crippen molar-refractivity contribution in [2.45, 2.75) is 18.9 Å². The number of benzene rings is 2. The molecule has 0 aliphatic rings. The van der Waals surface area contributed by atoms with E-state index in [1.165, 1.54) is 12.1 Å². The third kappa shape index (κ3) is 4.56. The SMILES string of the molecule is N#Cc1ccc(CCC(=O)NC(c2ccc(F)cc2)c2cccs2)cc1. The average Bonchev–Trinajstić information content (AvgIpc) is 3.20. The molecule has 0 radical (unpaired) electrons. The first-order chi connectivity index (χ1) is 12.7. The summed E-state index contributed by atoms with van der Waals surface area (Å²) < 4.78 is 13.2. The molecule has 0 aliphatic carbocycles. The van der Waals surface area contributed by atoms with Crippen molar-refractivity contribution in [1.29, 1.82) is 5.26 Å². The lowest BCUT2D eigenvalue weighted by Gasteiger charge is -2.18. The molecule has 0 fully saturated rings. The first kappa shape index (κ1) is 17.8. The number of halogens is 1. The minimum atomic E-state index is -0.300. The summed E-state index contributed by atoms with van der Waals surface area (Å²) in [5, 5.41) is 13.8. The lowest BCUT2D eigenvalue weighted by atomic mass is 10.0. The molecular weight excluding hydrogens is 347 g/mol. The fourth-order valence-corrected chi connectivity index (χ4v) is 3.47. The van der Waals surface area contributed by atoms with Gasteiger partial charge >= 0.3 is 0 Å². The van der Waals surface area contributed by atoms with Crippen molar-refractivity contribution in [2.24, 2.45) is 0 Å². The summed E-state index contributed by atoms with van der Waals surface area (Å²) in [4.78, 5) is 13.5. The predicted molar refractivity (Wildman–Crippen MR) is 100 cm³/mol. The molecule has 130 valence electrons. The summed E-state index contributed by atoms with van der Waals surface area (Å²) in [7, 11) is 0. The Bertz CT molecular complexity index is 897. The highest BCUT2D eigenvalue weighted by atomic mass is 32.1. The molecule has 0 saturated heterocycles. The highest BCUT2D eigenvalue weighted by Crippen LogP contribution is 2.26. The van der Waals surface area contributed by atoms with Crippen molar-refractivity contribution in [3.8, 4) is 6.07 Å². The van der Waals surface area contributed by atoms with E-state index in [-0.39, 0.29) is 17.8 Å². The Labute approximate surface area is 155 Å². The minimum Gasteiger partial charge on any atom is -0.344 e. The molecule has 26 heavy (non-hydrogen) atoms. The number of carbonyl (C=O) groups excluding carboxylic acids is 1. The number of aryl methyl sites for hydroxylation is 1. The van der Waals surface area contributed by atoms with E-state index in [4.69, 9.17) is 5.26 Å². The molecule has 1 heterocycles. The van der Waals surface area contributed by atoms with Crippen LogP contribution in [0.15, 0.2) is 66.0 Å². The van der Waals surface area contributed by atoms with Gasteiger partial charge in [0, 0.05) is 11.3 Å². The third-order valence-electron chi connectivity index (χ3n) is 4.06. The van der Waals surface area contributed by atoms with Crippen molar-refractivity contribution in [3.63, 3.8) is 0 Å². The molecule has 3 rings (SSSR count). The molecule has 1 amide bonds. The van der Waals surface area contributed by atoms with Crippen LogP contribution in [0.4, 0.5) is 4.39 Å². The molecule has 0 bridgehead atoms. The number of rotatable bonds is 6.